The zero-order chi connectivity index (χ0) is 15.2. The van der Waals surface area contributed by atoms with Gasteiger partial charge in [0.15, 0.2) is 0 Å². The van der Waals surface area contributed by atoms with Gasteiger partial charge in [0.2, 0.25) is 5.91 Å². The third-order valence-electron chi connectivity index (χ3n) is 2.96. The van der Waals surface area contributed by atoms with Crippen LogP contribution in [0.4, 0.5) is 0 Å². The van der Waals surface area contributed by atoms with Crippen molar-refractivity contribution in [3.8, 4) is 0 Å². The number of nitrogens with zero attached hydrogens (tertiary/aromatic N) is 1. The second-order valence-corrected chi connectivity index (χ2v) is 4.69. The van der Waals surface area contributed by atoms with E-state index in [1.54, 1.807) is 32.3 Å². The molecule has 6 nitrogen and oxygen atoms in total. The van der Waals surface area contributed by atoms with Crippen LogP contribution in [0.25, 0.3) is 0 Å². The summed E-state index contributed by atoms with van der Waals surface area (Å²) in [5, 5.41) is 0. The molecule has 0 spiro atoms. The van der Waals surface area contributed by atoms with Crippen molar-refractivity contribution in [1.82, 2.24) is 15.8 Å². The average molecular weight is 287 g/mol. The van der Waals surface area contributed by atoms with E-state index in [0.717, 1.165) is 5.56 Å². The molecule has 2 heterocycles. The lowest BCUT2D eigenvalue weighted by Gasteiger charge is -2.06. The molecule has 2 rings (SSSR count). The van der Waals surface area contributed by atoms with Crippen molar-refractivity contribution in [2.75, 3.05) is 0 Å². The first kappa shape index (κ1) is 14.8. The van der Waals surface area contributed by atoms with E-state index in [2.05, 4.69) is 15.8 Å². The molecule has 0 aliphatic rings. The number of hydrazine groups is 1. The second-order valence-electron chi connectivity index (χ2n) is 4.69. The summed E-state index contributed by atoms with van der Waals surface area (Å²) in [5.41, 5.74) is 6.15. The van der Waals surface area contributed by atoms with Crippen molar-refractivity contribution < 1.29 is 14.0 Å². The molecule has 6 heteroatoms. The Morgan fingerprint density at radius 3 is 2.71 bits per heavy atom. The van der Waals surface area contributed by atoms with Crippen LogP contribution in [0, 0.1) is 13.8 Å². The second kappa shape index (κ2) is 6.69. The topological polar surface area (TPSA) is 84.2 Å². The Hall–Kier alpha value is -2.63. The van der Waals surface area contributed by atoms with Crippen LogP contribution in [0.15, 0.2) is 35.0 Å². The van der Waals surface area contributed by atoms with Crippen LogP contribution in [0.3, 0.4) is 0 Å². The van der Waals surface area contributed by atoms with Gasteiger partial charge in [-0.25, -0.2) is 0 Å². The van der Waals surface area contributed by atoms with Crippen LogP contribution in [-0.2, 0) is 11.2 Å². The molecule has 0 atom stereocenters. The molecular weight excluding hydrogens is 270 g/mol. The largest absolute Gasteiger partial charge is 0.466 e. The van der Waals surface area contributed by atoms with Crippen molar-refractivity contribution in [2.45, 2.75) is 26.7 Å². The van der Waals surface area contributed by atoms with Crippen LogP contribution in [0.2, 0.25) is 0 Å². The fraction of sp³-hybridized carbons (Fsp3) is 0.267. The molecule has 0 bridgehead atoms. The molecule has 110 valence electrons. The molecule has 21 heavy (non-hydrogen) atoms. The van der Waals surface area contributed by atoms with Crippen molar-refractivity contribution in [1.29, 1.82) is 0 Å². The molecular formula is C15H17N3O3. The molecule has 0 saturated carbocycles. The highest BCUT2D eigenvalue weighted by atomic mass is 16.3. The molecule has 0 aromatic carbocycles. The predicted octanol–water partition coefficient (Wildman–Crippen LogP) is 1.69. The van der Waals surface area contributed by atoms with E-state index in [-0.39, 0.29) is 18.2 Å². The summed E-state index contributed by atoms with van der Waals surface area (Å²) >= 11 is 0. The molecule has 0 fully saturated rings. The van der Waals surface area contributed by atoms with E-state index >= 15 is 0 Å². The number of pyridine rings is 1. The van der Waals surface area contributed by atoms with Crippen LogP contribution in [0.1, 0.15) is 33.9 Å². The summed E-state index contributed by atoms with van der Waals surface area (Å²) in [5.74, 6) is 0.527. The third-order valence-corrected chi connectivity index (χ3v) is 2.96. The van der Waals surface area contributed by atoms with Crippen molar-refractivity contribution in [2.24, 2.45) is 0 Å². The van der Waals surface area contributed by atoms with Crippen LogP contribution in [-0.4, -0.2) is 16.8 Å². The van der Waals surface area contributed by atoms with Gasteiger partial charge in [-0.1, -0.05) is 6.07 Å². The first-order valence-electron chi connectivity index (χ1n) is 6.61. The predicted molar refractivity (Wildman–Crippen MR) is 76.3 cm³/mol. The van der Waals surface area contributed by atoms with E-state index in [1.807, 2.05) is 12.1 Å². The Bertz CT molecular complexity index is 635. The molecule has 0 saturated heterocycles. The Labute approximate surface area is 122 Å². The number of nitrogens with one attached hydrogen (secondary N) is 2. The van der Waals surface area contributed by atoms with Gasteiger partial charge >= 0.3 is 0 Å². The van der Waals surface area contributed by atoms with E-state index in [4.69, 9.17) is 4.42 Å². The number of aromatic nitrogens is 1. The lowest BCUT2D eigenvalue weighted by molar-refractivity contribution is -0.121. The highest BCUT2D eigenvalue weighted by Gasteiger charge is 2.13. The van der Waals surface area contributed by atoms with Gasteiger partial charge in [0, 0.05) is 18.8 Å². The average Bonchev–Trinajstić information content (AvgIpc) is 2.82. The zero-order valence-corrected chi connectivity index (χ0v) is 12.0. The Balaban J connectivity index is 1.79. The fourth-order valence-corrected chi connectivity index (χ4v) is 1.92. The third kappa shape index (κ3) is 4.17. The molecule has 2 N–H and O–H groups in total. The van der Waals surface area contributed by atoms with E-state index < -0.39 is 0 Å². The molecule has 0 radical (unpaired) electrons. The van der Waals surface area contributed by atoms with E-state index in [0.29, 0.717) is 23.5 Å². The summed E-state index contributed by atoms with van der Waals surface area (Å²) in [6.07, 6.45) is 4.23. The molecule has 0 aliphatic carbocycles. The number of aryl methyl sites for hydroxylation is 3. The minimum Gasteiger partial charge on any atom is -0.466 e. The lowest BCUT2D eigenvalue weighted by Crippen LogP contribution is -2.41. The zero-order valence-electron chi connectivity index (χ0n) is 12.0. The maximum Gasteiger partial charge on any atom is 0.273 e. The highest BCUT2D eigenvalue weighted by Crippen LogP contribution is 2.12. The standard InChI is InChI=1S/C15H17N3O3/c1-10-8-13(11(2)21-10)15(20)18-17-14(19)6-5-12-4-3-7-16-9-12/h3-4,7-9H,5-6H2,1-2H3,(H,17,19)(H,18,20). The van der Waals surface area contributed by atoms with Crippen molar-refractivity contribution in [3.63, 3.8) is 0 Å². The maximum absolute atomic E-state index is 11.9. The fourth-order valence-electron chi connectivity index (χ4n) is 1.92. The molecule has 2 amide bonds. The Morgan fingerprint density at radius 1 is 1.29 bits per heavy atom. The molecule has 0 aliphatic heterocycles. The minimum atomic E-state index is -0.390. The summed E-state index contributed by atoms with van der Waals surface area (Å²) in [6, 6.07) is 5.35. The van der Waals surface area contributed by atoms with E-state index in [1.165, 1.54) is 0 Å². The lowest BCUT2D eigenvalue weighted by atomic mass is 10.1. The molecule has 0 unspecified atom stereocenters. The first-order valence-corrected chi connectivity index (χ1v) is 6.61. The summed E-state index contributed by atoms with van der Waals surface area (Å²) in [6.45, 7) is 3.46. The van der Waals surface area contributed by atoms with Crippen LogP contribution in [0.5, 0.6) is 0 Å². The number of amides is 2. The molecule has 2 aromatic heterocycles. The van der Waals surface area contributed by atoms with E-state index in [9.17, 15) is 9.59 Å². The smallest absolute Gasteiger partial charge is 0.273 e. The Morgan fingerprint density at radius 2 is 2.10 bits per heavy atom. The van der Waals surface area contributed by atoms with Crippen molar-refractivity contribution >= 4 is 11.8 Å². The number of hydrogen-bond acceptors (Lipinski definition) is 4. The van der Waals surface area contributed by atoms with Gasteiger partial charge in [-0.05, 0) is 38.0 Å². The quantitative estimate of drug-likeness (QED) is 0.838. The number of carbonyl (C=O) groups is 2. The number of furan rings is 1. The number of carbonyl (C=O) groups excluding carboxylic acids is 2. The number of hydrogen-bond donors (Lipinski definition) is 2. The van der Waals surface area contributed by atoms with Gasteiger partial charge in [-0.3, -0.25) is 25.4 Å². The first-order chi connectivity index (χ1) is 10.1. The molecule has 2 aromatic rings. The normalized spacial score (nSPS) is 10.2. The minimum absolute atomic E-state index is 0.259. The highest BCUT2D eigenvalue weighted by molar-refractivity contribution is 5.96. The van der Waals surface area contributed by atoms with Gasteiger partial charge in [0.1, 0.15) is 11.5 Å². The summed E-state index contributed by atoms with van der Waals surface area (Å²) in [4.78, 5) is 27.5. The summed E-state index contributed by atoms with van der Waals surface area (Å²) in [7, 11) is 0. The van der Waals surface area contributed by atoms with Gasteiger partial charge < -0.3 is 4.42 Å². The van der Waals surface area contributed by atoms with Gasteiger partial charge in [0.05, 0.1) is 5.56 Å². The van der Waals surface area contributed by atoms with Gasteiger partial charge in [-0.2, -0.15) is 0 Å². The Kier molecular flexibility index (Phi) is 4.71. The van der Waals surface area contributed by atoms with Crippen LogP contribution >= 0.6 is 0 Å². The maximum atomic E-state index is 11.9. The SMILES string of the molecule is Cc1cc(C(=O)NNC(=O)CCc2cccnc2)c(C)o1. The van der Waals surface area contributed by atoms with Gasteiger partial charge in [0.25, 0.3) is 5.91 Å². The van der Waals surface area contributed by atoms with Crippen LogP contribution < -0.4 is 10.9 Å². The summed E-state index contributed by atoms with van der Waals surface area (Å²) < 4.78 is 5.27. The van der Waals surface area contributed by atoms with Gasteiger partial charge in [-0.15, -0.1) is 0 Å². The van der Waals surface area contributed by atoms with Crippen molar-refractivity contribution in [3.05, 3.63) is 53.2 Å². The monoisotopic (exact) mass is 287 g/mol. The number of rotatable bonds is 4.